The molecule has 0 saturated heterocycles. The topological polar surface area (TPSA) is 32.3 Å². The van der Waals surface area contributed by atoms with E-state index in [2.05, 4.69) is 5.32 Å². The van der Waals surface area contributed by atoms with Crippen LogP contribution in [0.3, 0.4) is 0 Å². The number of rotatable bonds is 7. The Kier molecular flexibility index (Phi) is 6.44. The summed E-state index contributed by atoms with van der Waals surface area (Å²) in [6.45, 7) is 3.76. The molecular formula is C18H21ClN2O. The minimum absolute atomic E-state index is 0.0878. The highest BCUT2D eigenvalue weighted by molar-refractivity contribution is 6.30. The number of para-hydroxylation sites is 1. The highest BCUT2D eigenvalue weighted by Gasteiger charge is 2.12. The van der Waals surface area contributed by atoms with Crippen LogP contribution in [-0.4, -0.2) is 25.5 Å². The second-order valence-corrected chi connectivity index (χ2v) is 5.46. The van der Waals surface area contributed by atoms with E-state index >= 15 is 0 Å². The summed E-state index contributed by atoms with van der Waals surface area (Å²) in [4.78, 5) is 14.1. The molecule has 0 radical (unpaired) electrons. The Bertz CT molecular complexity index is 584. The van der Waals surface area contributed by atoms with Gasteiger partial charge in [0.1, 0.15) is 0 Å². The van der Waals surface area contributed by atoms with Crippen molar-refractivity contribution in [2.24, 2.45) is 0 Å². The SMILES string of the molecule is CCN(C(=O)CNCCc1ccc(Cl)cc1)c1ccccc1. The molecule has 0 heterocycles. The van der Waals surface area contributed by atoms with E-state index in [1.807, 2.05) is 61.5 Å². The van der Waals surface area contributed by atoms with Gasteiger partial charge in [0.15, 0.2) is 0 Å². The molecule has 116 valence electrons. The predicted molar refractivity (Wildman–Crippen MR) is 92.5 cm³/mol. The second-order valence-electron chi connectivity index (χ2n) is 5.03. The van der Waals surface area contributed by atoms with Crippen LogP contribution in [0.5, 0.6) is 0 Å². The van der Waals surface area contributed by atoms with Gasteiger partial charge in [-0.25, -0.2) is 0 Å². The maximum Gasteiger partial charge on any atom is 0.240 e. The molecule has 2 aromatic rings. The first-order valence-electron chi connectivity index (χ1n) is 7.51. The van der Waals surface area contributed by atoms with Gasteiger partial charge < -0.3 is 10.2 Å². The van der Waals surface area contributed by atoms with E-state index < -0.39 is 0 Å². The minimum atomic E-state index is 0.0878. The number of halogens is 1. The summed E-state index contributed by atoms with van der Waals surface area (Å²) in [6.07, 6.45) is 0.877. The van der Waals surface area contributed by atoms with Crippen molar-refractivity contribution in [3.63, 3.8) is 0 Å². The molecule has 22 heavy (non-hydrogen) atoms. The monoisotopic (exact) mass is 316 g/mol. The number of anilines is 1. The lowest BCUT2D eigenvalue weighted by molar-refractivity contribution is -0.117. The summed E-state index contributed by atoms with van der Waals surface area (Å²) >= 11 is 5.86. The Balaban J connectivity index is 1.78. The van der Waals surface area contributed by atoms with Crippen LogP contribution in [0.25, 0.3) is 0 Å². The lowest BCUT2D eigenvalue weighted by atomic mass is 10.1. The molecule has 1 amide bonds. The summed E-state index contributed by atoms with van der Waals surface area (Å²) < 4.78 is 0. The van der Waals surface area contributed by atoms with Gasteiger partial charge in [0.2, 0.25) is 5.91 Å². The summed E-state index contributed by atoms with van der Waals surface area (Å²) in [5.74, 6) is 0.0878. The number of carbonyl (C=O) groups is 1. The molecule has 0 spiro atoms. The van der Waals surface area contributed by atoms with Crippen LogP contribution in [0.4, 0.5) is 5.69 Å². The summed E-state index contributed by atoms with van der Waals surface area (Å²) in [5.41, 5.74) is 2.15. The number of carbonyl (C=O) groups excluding carboxylic acids is 1. The van der Waals surface area contributed by atoms with Gasteiger partial charge in [-0.3, -0.25) is 4.79 Å². The molecule has 3 nitrogen and oxygen atoms in total. The van der Waals surface area contributed by atoms with Crippen LogP contribution in [0.15, 0.2) is 54.6 Å². The van der Waals surface area contributed by atoms with Crippen molar-refractivity contribution >= 4 is 23.2 Å². The number of likely N-dealkylation sites (N-methyl/N-ethyl adjacent to an activating group) is 1. The number of amides is 1. The summed E-state index contributed by atoms with van der Waals surface area (Å²) in [5, 5.41) is 3.95. The van der Waals surface area contributed by atoms with Crippen molar-refractivity contribution in [1.82, 2.24) is 5.32 Å². The molecule has 2 aromatic carbocycles. The second kappa shape index (κ2) is 8.57. The third-order valence-electron chi connectivity index (χ3n) is 3.47. The van der Waals surface area contributed by atoms with E-state index in [1.54, 1.807) is 4.90 Å². The molecule has 1 N–H and O–H groups in total. The van der Waals surface area contributed by atoms with Gasteiger partial charge in [0.25, 0.3) is 0 Å². The van der Waals surface area contributed by atoms with Crippen molar-refractivity contribution in [3.8, 4) is 0 Å². The van der Waals surface area contributed by atoms with Gasteiger partial charge in [-0.05, 0) is 49.7 Å². The van der Waals surface area contributed by atoms with Crippen LogP contribution < -0.4 is 10.2 Å². The standard InChI is InChI=1S/C18H21ClN2O/c1-2-21(17-6-4-3-5-7-17)18(22)14-20-13-12-15-8-10-16(19)11-9-15/h3-11,20H,2,12-14H2,1H3. The van der Waals surface area contributed by atoms with Gasteiger partial charge >= 0.3 is 0 Å². The van der Waals surface area contributed by atoms with Gasteiger partial charge in [-0.15, -0.1) is 0 Å². The Morgan fingerprint density at radius 3 is 2.41 bits per heavy atom. The number of nitrogens with one attached hydrogen (secondary N) is 1. The average Bonchev–Trinajstić information content (AvgIpc) is 2.55. The number of benzene rings is 2. The molecule has 0 fully saturated rings. The highest BCUT2D eigenvalue weighted by atomic mass is 35.5. The van der Waals surface area contributed by atoms with Gasteiger partial charge in [-0.2, -0.15) is 0 Å². The number of nitrogens with zero attached hydrogens (tertiary/aromatic N) is 1. The molecule has 2 rings (SSSR count). The average molecular weight is 317 g/mol. The minimum Gasteiger partial charge on any atom is -0.312 e. The van der Waals surface area contributed by atoms with Crippen molar-refractivity contribution in [2.75, 3.05) is 24.5 Å². The first-order valence-corrected chi connectivity index (χ1v) is 7.89. The lowest BCUT2D eigenvalue weighted by Crippen LogP contribution is -2.38. The Morgan fingerprint density at radius 2 is 1.77 bits per heavy atom. The van der Waals surface area contributed by atoms with E-state index in [4.69, 9.17) is 11.6 Å². The van der Waals surface area contributed by atoms with Crippen LogP contribution in [0.1, 0.15) is 12.5 Å². The predicted octanol–water partition coefficient (Wildman–Crippen LogP) is 3.53. The zero-order chi connectivity index (χ0) is 15.8. The number of hydrogen-bond acceptors (Lipinski definition) is 2. The molecule has 0 bridgehead atoms. The molecule has 0 aliphatic heterocycles. The quantitative estimate of drug-likeness (QED) is 0.793. The van der Waals surface area contributed by atoms with Crippen LogP contribution in [0.2, 0.25) is 5.02 Å². The van der Waals surface area contributed by atoms with Crippen molar-refractivity contribution in [3.05, 3.63) is 65.2 Å². The van der Waals surface area contributed by atoms with Crippen molar-refractivity contribution in [1.29, 1.82) is 0 Å². The van der Waals surface area contributed by atoms with Gasteiger partial charge in [0, 0.05) is 17.3 Å². The van der Waals surface area contributed by atoms with E-state index in [0.29, 0.717) is 13.1 Å². The third-order valence-corrected chi connectivity index (χ3v) is 3.72. The zero-order valence-corrected chi connectivity index (χ0v) is 13.5. The molecule has 0 aliphatic rings. The molecule has 0 unspecified atom stereocenters. The Hall–Kier alpha value is -1.84. The smallest absolute Gasteiger partial charge is 0.240 e. The van der Waals surface area contributed by atoms with Crippen molar-refractivity contribution in [2.45, 2.75) is 13.3 Å². The fourth-order valence-corrected chi connectivity index (χ4v) is 2.41. The Morgan fingerprint density at radius 1 is 1.09 bits per heavy atom. The van der Waals surface area contributed by atoms with E-state index in [0.717, 1.165) is 23.7 Å². The Labute approximate surface area is 136 Å². The van der Waals surface area contributed by atoms with E-state index in [-0.39, 0.29) is 5.91 Å². The van der Waals surface area contributed by atoms with Crippen LogP contribution in [0, 0.1) is 0 Å². The fraction of sp³-hybridized carbons (Fsp3) is 0.278. The fourth-order valence-electron chi connectivity index (χ4n) is 2.29. The van der Waals surface area contributed by atoms with Gasteiger partial charge in [-0.1, -0.05) is 41.9 Å². The normalized spacial score (nSPS) is 10.5. The summed E-state index contributed by atoms with van der Waals surface area (Å²) in [7, 11) is 0. The largest absolute Gasteiger partial charge is 0.312 e. The van der Waals surface area contributed by atoms with Crippen LogP contribution in [-0.2, 0) is 11.2 Å². The molecule has 0 aliphatic carbocycles. The molecular weight excluding hydrogens is 296 g/mol. The zero-order valence-electron chi connectivity index (χ0n) is 12.8. The molecule has 0 saturated carbocycles. The van der Waals surface area contributed by atoms with Gasteiger partial charge in [0.05, 0.1) is 6.54 Å². The highest BCUT2D eigenvalue weighted by Crippen LogP contribution is 2.12. The molecule has 4 heteroatoms. The first kappa shape index (κ1) is 16.5. The number of hydrogen-bond donors (Lipinski definition) is 1. The molecule has 0 atom stereocenters. The third kappa shape index (κ3) is 4.86. The lowest BCUT2D eigenvalue weighted by Gasteiger charge is -2.21. The van der Waals surface area contributed by atoms with E-state index in [1.165, 1.54) is 5.56 Å². The molecule has 0 aromatic heterocycles. The first-order chi connectivity index (χ1) is 10.7. The maximum atomic E-state index is 12.3. The van der Waals surface area contributed by atoms with Crippen molar-refractivity contribution < 1.29 is 4.79 Å². The summed E-state index contributed by atoms with van der Waals surface area (Å²) in [6, 6.07) is 17.5. The van der Waals surface area contributed by atoms with E-state index in [9.17, 15) is 4.79 Å². The van der Waals surface area contributed by atoms with Crippen LogP contribution >= 0.6 is 11.6 Å². The maximum absolute atomic E-state index is 12.3.